The highest BCUT2D eigenvalue weighted by atomic mass is 35.5. The number of carbonyl (C=O) groups excluding carboxylic acids is 1. The molecule has 0 unspecified atom stereocenters. The van der Waals surface area contributed by atoms with E-state index in [0.717, 1.165) is 19.3 Å². The van der Waals surface area contributed by atoms with Crippen LogP contribution in [0.3, 0.4) is 0 Å². The van der Waals surface area contributed by atoms with Crippen LogP contribution in [-0.2, 0) is 4.74 Å². The fraction of sp³-hybridized carbons (Fsp3) is 0.375. The number of methoxy groups -OCH3 is 1. The third-order valence-corrected chi connectivity index (χ3v) is 4.28. The molecule has 22 heavy (non-hydrogen) atoms. The number of benzene rings is 1. The highest BCUT2D eigenvalue weighted by molar-refractivity contribution is 6.33. The average Bonchev–Trinajstić information content (AvgIpc) is 3.16. The molecule has 0 aliphatic heterocycles. The Morgan fingerprint density at radius 2 is 2.23 bits per heavy atom. The first-order valence-corrected chi connectivity index (χ1v) is 7.62. The van der Waals surface area contributed by atoms with E-state index < -0.39 is 0 Å². The minimum atomic E-state index is -0.254. The molecule has 0 radical (unpaired) electrons. The molecule has 5 nitrogen and oxygen atoms in total. The van der Waals surface area contributed by atoms with Crippen LogP contribution in [0.15, 0.2) is 34.9 Å². The van der Waals surface area contributed by atoms with Gasteiger partial charge in [0.1, 0.15) is 0 Å². The van der Waals surface area contributed by atoms with Crippen molar-refractivity contribution in [3.05, 3.63) is 41.0 Å². The molecule has 1 aliphatic carbocycles. The number of nitrogens with zero attached hydrogens (tertiary/aromatic N) is 1. The number of hydrogen-bond donors (Lipinski definition) is 1. The Hall–Kier alpha value is -1.85. The number of nitrogens with one attached hydrogen (secondary N) is 1. The quantitative estimate of drug-likeness (QED) is 0.938. The number of hydrogen-bond acceptors (Lipinski definition) is 4. The largest absolute Gasteiger partial charge is 0.379 e. The Balaban J connectivity index is 1.73. The van der Waals surface area contributed by atoms with Crippen LogP contribution in [0.25, 0.3) is 11.3 Å². The molecule has 1 heterocycles. The molecule has 0 spiro atoms. The van der Waals surface area contributed by atoms with E-state index in [9.17, 15) is 4.79 Å². The molecule has 1 aromatic heterocycles. The van der Waals surface area contributed by atoms with E-state index in [-0.39, 0.29) is 23.7 Å². The van der Waals surface area contributed by atoms with Gasteiger partial charge in [0.05, 0.1) is 17.2 Å². The topological polar surface area (TPSA) is 64.4 Å². The van der Waals surface area contributed by atoms with E-state index in [2.05, 4.69) is 10.5 Å². The maximum Gasteiger partial charge on any atom is 0.273 e. The number of rotatable bonds is 4. The highest BCUT2D eigenvalue weighted by Gasteiger charge is 2.29. The third kappa shape index (κ3) is 3.00. The summed E-state index contributed by atoms with van der Waals surface area (Å²) in [6, 6.07) is 8.90. The van der Waals surface area contributed by atoms with Gasteiger partial charge in [0, 0.05) is 18.7 Å². The second kappa shape index (κ2) is 6.50. The zero-order valence-electron chi connectivity index (χ0n) is 12.2. The van der Waals surface area contributed by atoms with Crippen molar-refractivity contribution >= 4 is 17.5 Å². The lowest BCUT2D eigenvalue weighted by atomic mass is 10.1. The molecule has 1 amide bonds. The van der Waals surface area contributed by atoms with Crippen molar-refractivity contribution in [3.63, 3.8) is 0 Å². The van der Waals surface area contributed by atoms with Gasteiger partial charge in [-0.2, -0.15) is 0 Å². The van der Waals surface area contributed by atoms with Crippen LogP contribution in [0.5, 0.6) is 0 Å². The average molecular weight is 321 g/mol. The van der Waals surface area contributed by atoms with E-state index in [1.165, 1.54) is 0 Å². The maximum absolute atomic E-state index is 12.3. The molecule has 116 valence electrons. The molecule has 1 N–H and O–H groups in total. The summed E-state index contributed by atoms with van der Waals surface area (Å²) in [5, 5.41) is 7.35. The van der Waals surface area contributed by atoms with Gasteiger partial charge >= 0.3 is 0 Å². The molecule has 1 saturated carbocycles. The highest BCUT2D eigenvalue weighted by Crippen LogP contribution is 2.28. The van der Waals surface area contributed by atoms with Crippen molar-refractivity contribution in [3.8, 4) is 11.3 Å². The molecule has 3 rings (SSSR count). The van der Waals surface area contributed by atoms with Crippen molar-refractivity contribution in [1.29, 1.82) is 0 Å². The fourth-order valence-corrected chi connectivity index (χ4v) is 3.01. The van der Waals surface area contributed by atoms with Gasteiger partial charge in [0.2, 0.25) is 0 Å². The van der Waals surface area contributed by atoms with Gasteiger partial charge in [-0.25, -0.2) is 0 Å². The summed E-state index contributed by atoms with van der Waals surface area (Å²) in [6.07, 6.45) is 3.00. The maximum atomic E-state index is 12.3. The van der Waals surface area contributed by atoms with Gasteiger partial charge in [-0.3, -0.25) is 4.79 Å². The molecule has 1 fully saturated rings. The van der Waals surface area contributed by atoms with Crippen molar-refractivity contribution in [2.45, 2.75) is 31.4 Å². The normalized spacial score (nSPS) is 21.0. The van der Waals surface area contributed by atoms with Gasteiger partial charge < -0.3 is 14.6 Å². The van der Waals surface area contributed by atoms with Gasteiger partial charge in [0.25, 0.3) is 5.91 Å². The molecule has 0 bridgehead atoms. The Labute approximate surface area is 133 Å². The van der Waals surface area contributed by atoms with E-state index in [4.69, 9.17) is 20.9 Å². The molecule has 2 aromatic rings. The van der Waals surface area contributed by atoms with E-state index in [1.807, 2.05) is 18.2 Å². The fourth-order valence-electron chi connectivity index (χ4n) is 2.79. The van der Waals surface area contributed by atoms with Gasteiger partial charge in [-0.1, -0.05) is 28.9 Å². The minimum absolute atomic E-state index is 0.0259. The SMILES string of the molecule is CO[C@H]1CCC[C@H]1NC(=O)c1cc(-c2ccccc2Cl)on1. The Morgan fingerprint density at radius 3 is 3.00 bits per heavy atom. The predicted octanol–water partition coefficient (Wildman–Crippen LogP) is 3.29. The zero-order chi connectivity index (χ0) is 15.5. The summed E-state index contributed by atoms with van der Waals surface area (Å²) in [6.45, 7) is 0. The molecule has 1 aromatic carbocycles. The van der Waals surface area contributed by atoms with Crippen LogP contribution in [0, 0.1) is 0 Å². The minimum Gasteiger partial charge on any atom is -0.379 e. The predicted molar refractivity (Wildman–Crippen MR) is 82.9 cm³/mol. The number of amides is 1. The Morgan fingerprint density at radius 1 is 1.41 bits per heavy atom. The Bertz CT molecular complexity index is 671. The molecule has 0 saturated heterocycles. The first kappa shape index (κ1) is 15.1. The van der Waals surface area contributed by atoms with Crippen LogP contribution in [0.2, 0.25) is 5.02 Å². The number of carbonyl (C=O) groups is 1. The van der Waals surface area contributed by atoms with Gasteiger partial charge in [-0.05, 0) is 31.4 Å². The van der Waals surface area contributed by atoms with Crippen LogP contribution in [0.1, 0.15) is 29.8 Å². The van der Waals surface area contributed by atoms with E-state index >= 15 is 0 Å². The van der Waals surface area contributed by atoms with Crippen molar-refractivity contribution in [2.24, 2.45) is 0 Å². The third-order valence-electron chi connectivity index (χ3n) is 3.95. The first-order chi connectivity index (χ1) is 10.7. The number of aromatic nitrogens is 1. The lowest BCUT2D eigenvalue weighted by Crippen LogP contribution is -2.40. The Kier molecular flexibility index (Phi) is 4.45. The summed E-state index contributed by atoms with van der Waals surface area (Å²) in [5.41, 5.74) is 0.961. The summed E-state index contributed by atoms with van der Waals surface area (Å²) in [7, 11) is 1.67. The van der Waals surface area contributed by atoms with Crippen molar-refractivity contribution in [1.82, 2.24) is 10.5 Å². The van der Waals surface area contributed by atoms with Crippen molar-refractivity contribution < 1.29 is 14.1 Å². The van der Waals surface area contributed by atoms with Crippen LogP contribution < -0.4 is 5.32 Å². The van der Waals surface area contributed by atoms with Crippen LogP contribution in [0.4, 0.5) is 0 Å². The summed E-state index contributed by atoms with van der Waals surface area (Å²) in [5.74, 6) is 0.224. The molecular weight excluding hydrogens is 304 g/mol. The standard InChI is InChI=1S/C16H17ClN2O3/c1-21-14-8-4-7-12(14)18-16(20)13-9-15(22-19-13)10-5-2-3-6-11(10)17/h2-3,5-6,9,12,14H,4,7-8H2,1H3,(H,18,20)/t12-,14+/m1/s1. The number of ether oxygens (including phenoxy) is 1. The second-order valence-electron chi connectivity index (χ2n) is 5.34. The molecule has 2 atom stereocenters. The smallest absolute Gasteiger partial charge is 0.273 e. The van der Waals surface area contributed by atoms with Crippen LogP contribution in [-0.4, -0.2) is 30.3 Å². The first-order valence-electron chi connectivity index (χ1n) is 7.24. The lowest BCUT2D eigenvalue weighted by molar-refractivity contribution is 0.0717. The van der Waals surface area contributed by atoms with Gasteiger partial charge in [-0.15, -0.1) is 0 Å². The summed E-state index contributed by atoms with van der Waals surface area (Å²) < 4.78 is 10.6. The molecule has 1 aliphatic rings. The summed E-state index contributed by atoms with van der Waals surface area (Å²) in [4.78, 5) is 12.3. The second-order valence-corrected chi connectivity index (χ2v) is 5.75. The summed E-state index contributed by atoms with van der Waals surface area (Å²) >= 11 is 6.12. The zero-order valence-corrected chi connectivity index (χ0v) is 13.0. The monoisotopic (exact) mass is 320 g/mol. The van der Waals surface area contributed by atoms with Crippen LogP contribution >= 0.6 is 11.6 Å². The van der Waals surface area contributed by atoms with Gasteiger partial charge in [0.15, 0.2) is 11.5 Å². The van der Waals surface area contributed by atoms with E-state index in [1.54, 1.807) is 19.2 Å². The molecule has 6 heteroatoms. The van der Waals surface area contributed by atoms with Crippen molar-refractivity contribution in [2.75, 3.05) is 7.11 Å². The van der Waals surface area contributed by atoms with E-state index in [0.29, 0.717) is 16.3 Å². The molecular formula is C16H17ClN2O3. The lowest BCUT2D eigenvalue weighted by Gasteiger charge is -2.18. The number of halogens is 1.